The average molecular weight is 290 g/mol. The fourth-order valence-electron chi connectivity index (χ4n) is 3.30. The minimum atomic E-state index is 0.0267. The smallest absolute Gasteiger partial charge is 0.0670 e. The molecular formula is C18H30N2O. The van der Waals surface area contributed by atoms with Gasteiger partial charge in [-0.3, -0.25) is 4.90 Å². The molecule has 2 rings (SSSR count). The molecular weight excluding hydrogens is 260 g/mol. The largest absolute Gasteiger partial charge is 0.380 e. The van der Waals surface area contributed by atoms with E-state index in [9.17, 15) is 0 Å². The third-order valence-electron chi connectivity index (χ3n) is 4.69. The van der Waals surface area contributed by atoms with Crippen LogP contribution in [0.4, 0.5) is 0 Å². The minimum absolute atomic E-state index is 0.0267. The molecule has 1 heterocycles. The zero-order chi connectivity index (χ0) is 15.3. The molecule has 1 aromatic carbocycles. The molecule has 118 valence electrons. The van der Waals surface area contributed by atoms with Crippen LogP contribution in [0.1, 0.15) is 39.2 Å². The molecule has 0 bridgehead atoms. The summed E-state index contributed by atoms with van der Waals surface area (Å²) in [5.74, 6) is 0. The number of ether oxygens (including phenoxy) is 1. The molecule has 0 spiro atoms. The van der Waals surface area contributed by atoms with Gasteiger partial charge in [-0.25, -0.2) is 0 Å². The van der Waals surface area contributed by atoms with E-state index in [1.165, 1.54) is 18.4 Å². The first kappa shape index (κ1) is 16.5. The molecule has 3 nitrogen and oxygen atoms in total. The number of nitrogens with one attached hydrogen (secondary N) is 1. The Morgan fingerprint density at radius 1 is 1.38 bits per heavy atom. The molecule has 0 aliphatic carbocycles. The second kappa shape index (κ2) is 7.39. The van der Waals surface area contributed by atoms with Crippen molar-refractivity contribution in [3.63, 3.8) is 0 Å². The highest BCUT2D eigenvalue weighted by Gasteiger charge is 2.36. The summed E-state index contributed by atoms with van der Waals surface area (Å²) in [6, 6.07) is 11.4. The van der Waals surface area contributed by atoms with Crippen LogP contribution in [-0.4, -0.2) is 43.8 Å². The monoisotopic (exact) mass is 290 g/mol. The quantitative estimate of drug-likeness (QED) is 0.871. The molecule has 3 atom stereocenters. The van der Waals surface area contributed by atoms with Crippen LogP contribution in [0.2, 0.25) is 0 Å². The summed E-state index contributed by atoms with van der Waals surface area (Å²) < 4.78 is 5.49. The zero-order valence-corrected chi connectivity index (χ0v) is 13.9. The van der Waals surface area contributed by atoms with Crippen molar-refractivity contribution in [1.29, 1.82) is 0 Å². The van der Waals surface area contributed by atoms with Crippen molar-refractivity contribution in [2.24, 2.45) is 0 Å². The third-order valence-corrected chi connectivity index (χ3v) is 4.69. The Balaban J connectivity index is 2.14. The lowest BCUT2D eigenvalue weighted by atomic mass is 9.87. The Bertz CT molecular complexity index is 422. The zero-order valence-electron chi connectivity index (χ0n) is 13.9. The summed E-state index contributed by atoms with van der Waals surface area (Å²) in [6.07, 6.45) is 2.75. The van der Waals surface area contributed by atoms with Crippen molar-refractivity contribution in [2.75, 3.05) is 26.7 Å². The van der Waals surface area contributed by atoms with Crippen LogP contribution in [0, 0.1) is 0 Å². The summed E-state index contributed by atoms with van der Waals surface area (Å²) in [7, 11) is 1.80. The molecule has 21 heavy (non-hydrogen) atoms. The predicted octanol–water partition coefficient (Wildman–Crippen LogP) is 3.01. The van der Waals surface area contributed by atoms with Crippen LogP contribution in [0.3, 0.4) is 0 Å². The molecule has 3 unspecified atom stereocenters. The van der Waals surface area contributed by atoms with Gasteiger partial charge in [0.25, 0.3) is 0 Å². The molecule has 1 N–H and O–H groups in total. The van der Waals surface area contributed by atoms with E-state index in [0.717, 1.165) is 19.6 Å². The Morgan fingerprint density at radius 3 is 2.71 bits per heavy atom. The maximum atomic E-state index is 5.49. The fourth-order valence-corrected chi connectivity index (χ4v) is 3.30. The number of piperazine rings is 1. The molecule has 0 radical (unpaired) electrons. The Labute approximate surface area is 129 Å². The molecule has 0 saturated carbocycles. The number of nitrogens with zero attached hydrogens (tertiary/aromatic N) is 1. The van der Waals surface area contributed by atoms with E-state index < -0.39 is 0 Å². The van der Waals surface area contributed by atoms with Crippen molar-refractivity contribution in [1.82, 2.24) is 10.2 Å². The standard InChI is InChI=1S/C18H30N2O/c1-5-9-17-12-19-18(3,16-10-7-6-8-11-16)14-20(17)13-15(2)21-4/h6-8,10-11,15,17,19H,5,9,12-14H2,1-4H3. The van der Waals surface area contributed by atoms with Crippen molar-refractivity contribution in [3.8, 4) is 0 Å². The first-order chi connectivity index (χ1) is 10.1. The van der Waals surface area contributed by atoms with Crippen LogP contribution < -0.4 is 5.32 Å². The molecule has 1 fully saturated rings. The summed E-state index contributed by atoms with van der Waals surface area (Å²) in [6.45, 7) is 9.83. The predicted molar refractivity (Wildman–Crippen MR) is 88.5 cm³/mol. The Morgan fingerprint density at radius 2 is 2.10 bits per heavy atom. The maximum Gasteiger partial charge on any atom is 0.0670 e. The van der Waals surface area contributed by atoms with Crippen molar-refractivity contribution >= 4 is 0 Å². The second-order valence-electron chi connectivity index (χ2n) is 6.50. The van der Waals surface area contributed by atoms with Crippen molar-refractivity contribution in [3.05, 3.63) is 35.9 Å². The van der Waals surface area contributed by atoms with E-state index in [2.05, 4.69) is 61.3 Å². The van der Waals surface area contributed by atoms with Gasteiger partial charge in [0.2, 0.25) is 0 Å². The van der Waals surface area contributed by atoms with Gasteiger partial charge in [0, 0.05) is 32.8 Å². The van der Waals surface area contributed by atoms with Gasteiger partial charge in [-0.05, 0) is 25.8 Å². The number of methoxy groups -OCH3 is 1. The lowest BCUT2D eigenvalue weighted by Gasteiger charge is -2.47. The van der Waals surface area contributed by atoms with Crippen LogP contribution in [0.15, 0.2) is 30.3 Å². The molecule has 1 aliphatic heterocycles. The van der Waals surface area contributed by atoms with Crippen LogP contribution in [-0.2, 0) is 10.3 Å². The van der Waals surface area contributed by atoms with Gasteiger partial charge < -0.3 is 10.1 Å². The first-order valence-corrected chi connectivity index (χ1v) is 8.16. The van der Waals surface area contributed by atoms with Crippen LogP contribution in [0.25, 0.3) is 0 Å². The molecule has 0 amide bonds. The summed E-state index contributed by atoms with van der Waals surface area (Å²) in [4.78, 5) is 2.61. The van der Waals surface area contributed by atoms with Gasteiger partial charge in [0.15, 0.2) is 0 Å². The van der Waals surface area contributed by atoms with Gasteiger partial charge in [0.05, 0.1) is 11.6 Å². The molecule has 0 aromatic heterocycles. The summed E-state index contributed by atoms with van der Waals surface area (Å²) >= 11 is 0. The van der Waals surface area contributed by atoms with E-state index in [4.69, 9.17) is 4.74 Å². The van der Waals surface area contributed by atoms with Gasteiger partial charge in [-0.1, -0.05) is 43.7 Å². The topological polar surface area (TPSA) is 24.5 Å². The van der Waals surface area contributed by atoms with Gasteiger partial charge >= 0.3 is 0 Å². The maximum absolute atomic E-state index is 5.49. The third kappa shape index (κ3) is 4.06. The van der Waals surface area contributed by atoms with E-state index in [1.54, 1.807) is 7.11 Å². The highest BCUT2D eigenvalue weighted by atomic mass is 16.5. The normalized spacial score (nSPS) is 28.5. The fraction of sp³-hybridized carbons (Fsp3) is 0.667. The summed E-state index contributed by atoms with van der Waals surface area (Å²) in [5.41, 5.74) is 1.40. The lowest BCUT2D eigenvalue weighted by molar-refractivity contribution is 0.0205. The summed E-state index contributed by atoms with van der Waals surface area (Å²) in [5, 5.41) is 3.79. The lowest BCUT2D eigenvalue weighted by Crippen LogP contribution is -2.62. The molecule has 3 heteroatoms. The van der Waals surface area contributed by atoms with Crippen LogP contribution in [0.5, 0.6) is 0 Å². The van der Waals surface area contributed by atoms with E-state index in [-0.39, 0.29) is 11.6 Å². The van der Waals surface area contributed by atoms with E-state index in [1.807, 2.05) is 0 Å². The highest BCUT2D eigenvalue weighted by Crippen LogP contribution is 2.27. The number of hydrogen-bond donors (Lipinski definition) is 1. The second-order valence-corrected chi connectivity index (χ2v) is 6.50. The minimum Gasteiger partial charge on any atom is -0.380 e. The first-order valence-electron chi connectivity index (χ1n) is 8.16. The van der Waals surface area contributed by atoms with Crippen LogP contribution >= 0.6 is 0 Å². The van der Waals surface area contributed by atoms with E-state index in [0.29, 0.717) is 6.04 Å². The van der Waals surface area contributed by atoms with Gasteiger partial charge in [-0.2, -0.15) is 0 Å². The van der Waals surface area contributed by atoms with Gasteiger partial charge in [0.1, 0.15) is 0 Å². The van der Waals surface area contributed by atoms with Gasteiger partial charge in [-0.15, -0.1) is 0 Å². The van der Waals surface area contributed by atoms with Crippen molar-refractivity contribution in [2.45, 2.75) is 51.3 Å². The number of hydrogen-bond acceptors (Lipinski definition) is 3. The Kier molecular flexibility index (Phi) is 5.80. The van der Waals surface area contributed by atoms with Crippen molar-refractivity contribution < 1.29 is 4.74 Å². The number of rotatable bonds is 6. The Hall–Kier alpha value is -0.900. The molecule has 1 aliphatic rings. The van der Waals surface area contributed by atoms with E-state index >= 15 is 0 Å². The number of benzene rings is 1. The molecule has 1 saturated heterocycles. The SMILES string of the molecule is CCCC1CNC(C)(c2ccccc2)CN1CC(C)OC. The molecule has 1 aromatic rings. The average Bonchev–Trinajstić information content (AvgIpc) is 2.51. The highest BCUT2D eigenvalue weighted by molar-refractivity contribution is 5.25.